The SMILES string of the molecule is COC(=O)c1ccccc1Nc1ccc(NC(=O)Nc2ccc(C34CC5CC(CC(C5)C3)C4)cc2)cc1. The summed E-state index contributed by atoms with van der Waals surface area (Å²) in [4.78, 5) is 24.6. The molecule has 3 N–H and O–H groups in total. The zero-order valence-corrected chi connectivity index (χ0v) is 21.1. The van der Waals surface area contributed by atoms with Gasteiger partial charge in [-0.1, -0.05) is 24.3 Å². The van der Waals surface area contributed by atoms with Gasteiger partial charge in [0, 0.05) is 17.1 Å². The molecule has 7 rings (SSSR count). The predicted octanol–water partition coefficient (Wildman–Crippen LogP) is 7.33. The maximum absolute atomic E-state index is 12.6. The highest BCUT2D eigenvalue weighted by atomic mass is 16.5. The number of carbonyl (C=O) groups excluding carboxylic acids is 2. The van der Waals surface area contributed by atoms with Crippen molar-refractivity contribution in [3.05, 3.63) is 83.9 Å². The molecule has 37 heavy (non-hydrogen) atoms. The molecule has 0 aromatic heterocycles. The van der Waals surface area contributed by atoms with E-state index in [9.17, 15) is 9.59 Å². The number of para-hydroxylation sites is 1. The quantitative estimate of drug-likeness (QED) is 0.313. The van der Waals surface area contributed by atoms with Crippen LogP contribution in [0.15, 0.2) is 72.8 Å². The van der Waals surface area contributed by atoms with Crippen molar-refractivity contribution in [3.8, 4) is 0 Å². The van der Waals surface area contributed by atoms with Crippen LogP contribution in [0.4, 0.5) is 27.5 Å². The minimum atomic E-state index is -0.399. The molecule has 3 aromatic carbocycles. The molecule has 4 fully saturated rings. The number of urea groups is 1. The standard InChI is InChI=1S/C31H33N3O3/c1-37-29(35)27-4-2-3-5-28(27)32-24-10-12-26(13-11-24)34-30(36)33-25-8-6-23(7-9-25)31-17-20-14-21(18-31)16-22(15-20)19-31/h2-13,20-22,32H,14-19H2,1H3,(H2,33,34,36). The van der Waals surface area contributed by atoms with Crippen LogP contribution in [0.1, 0.15) is 54.4 Å². The Hall–Kier alpha value is -3.80. The molecule has 0 saturated heterocycles. The molecule has 4 aliphatic rings. The first-order chi connectivity index (χ1) is 18.0. The third-order valence-electron chi connectivity index (χ3n) is 8.55. The summed E-state index contributed by atoms with van der Waals surface area (Å²) >= 11 is 0. The monoisotopic (exact) mass is 495 g/mol. The number of anilines is 4. The van der Waals surface area contributed by atoms with Gasteiger partial charge in [-0.25, -0.2) is 9.59 Å². The van der Waals surface area contributed by atoms with Crippen molar-refractivity contribution < 1.29 is 14.3 Å². The zero-order valence-electron chi connectivity index (χ0n) is 21.1. The number of rotatable bonds is 6. The van der Waals surface area contributed by atoms with Crippen molar-refractivity contribution in [2.45, 2.75) is 43.9 Å². The molecule has 0 aliphatic heterocycles. The molecule has 0 radical (unpaired) electrons. The Kier molecular flexibility index (Phi) is 6.11. The van der Waals surface area contributed by atoms with Crippen molar-refractivity contribution >= 4 is 34.7 Å². The van der Waals surface area contributed by atoms with Crippen LogP contribution >= 0.6 is 0 Å². The van der Waals surface area contributed by atoms with Crippen LogP contribution in [0.25, 0.3) is 0 Å². The molecule has 0 spiro atoms. The van der Waals surface area contributed by atoms with E-state index in [1.165, 1.54) is 51.2 Å². The lowest BCUT2D eigenvalue weighted by atomic mass is 9.48. The number of hydrogen-bond donors (Lipinski definition) is 3. The van der Waals surface area contributed by atoms with E-state index < -0.39 is 5.97 Å². The molecule has 4 aliphatic carbocycles. The summed E-state index contributed by atoms with van der Waals surface area (Å²) in [6.07, 6.45) is 8.34. The number of methoxy groups -OCH3 is 1. The summed E-state index contributed by atoms with van der Waals surface area (Å²) in [5, 5.41) is 9.08. The third kappa shape index (κ3) is 4.80. The summed E-state index contributed by atoms with van der Waals surface area (Å²) < 4.78 is 4.85. The molecule has 4 saturated carbocycles. The smallest absolute Gasteiger partial charge is 0.339 e. The van der Waals surface area contributed by atoms with Crippen molar-refractivity contribution in [3.63, 3.8) is 0 Å². The van der Waals surface area contributed by atoms with Gasteiger partial charge in [0.1, 0.15) is 0 Å². The van der Waals surface area contributed by atoms with Crippen molar-refractivity contribution in [2.75, 3.05) is 23.1 Å². The van der Waals surface area contributed by atoms with E-state index >= 15 is 0 Å². The van der Waals surface area contributed by atoms with E-state index in [1.807, 2.05) is 48.5 Å². The molecular formula is C31H33N3O3. The van der Waals surface area contributed by atoms with E-state index in [-0.39, 0.29) is 6.03 Å². The molecule has 190 valence electrons. The summed E-state index contributed by atoms with van der Waals surface area (Å²) in [7, 11) is 1.36. The van der Waals surface area contributed by atoms with Gasteiger partial charge in [-0.05, 0) is 116 Å². The molecule has 0 unspecified atom stereocenters. The van der Waals surface area contributed by atoms with Gasteiger partial charge in [-0.3, -0.25) is 0 Å². The zero-order chi connectivity index (χ0) is 25.4. The Morgan fingerprint density at radius 3 is 1.81 bits per heavy atom. The summed E-state index contributed by atoms with van der Waals surface area (Å²) in [6.45, 7) is 0. The lowest BCUT2D eigenvalue weighted by molar-refractivity contribution is -0.00518. The van der Waals surface area contributed by atoms with Crippen LogP contribution < -0.4 is 16.0 Å². The summed E-state index contributed by atoms with van der Waals surface area (Å²) in [5.74, 6) is 2.35. The Bertz CT molecular complexity index is 1260. The van der Waals surface area contributed by atoms with Crippen molar-refractivity contribution in [1.29, 1.82) is 0 Å². The van der Waals surface area contributed by atoms with Gasteiger partial charge in [0.15, 0.2) is 0 Å². The van der Waals surface area contributed by atoms with Gasteiger partial charge >= 0.3 is 12.0 Å². The first kappa shape index (κ1) is 23.6. The molecular weight excluding hydrogens is 462 g/mol. The Labute approximate surface area is 217 Å². The molecule has 3 aromatic rings. The number of ether oxygens (including phenoxy) is 1. The minimum Gasteiger partial charge on any atom is -0.465 e. The van der Waals surface area contributed by atoms with Gasteiger partial charge in [-0.2, -0.15) is 0 Å². The van der Waals surface area contributed by atoms with E-state index in [4.69, 9.17) is 4.74 Å². The predicted molar refractivity (Wildman–Crippen MR) is 146 cm³/mol. The number of esters is 1. The van der Waals surface area contributed by atoms with Crippen molar-refractivity contribution in [1.82, 2.24) is 0 Å². The highest BCUT2D eigenvalue weighted by Crippen LogP contribution is 2.60. The largest absolute Gasteiger partial charge is 0.465 e. The maximum Gasteiger partial charge on any atom is 0.339 e. The average Bonchev–Trinajstić information content (AvgIpc) is 2.89. The van der Waals surface area contributed by atoms with Crippen molar-refractivity contribution in [2.24, 2.45) is 17.8 Å². The number of amides is 2. The van der Waals surface area contributed by atoms with Crippen LogP contribution in [0, 0.1) is 17.8 Å². The average molecular weight is 496 g/mol. The van der Waals surface area contributed by atoms with Gasteiger partial charge in [0.2, 0.25) is 0 Å². The fourth-order valence-electron chi connectivity index (χ4n) is 7.34. The second-order valence-electron chi connectivity index (χ2n) is 11.1. The summed E-state index contributed by atoms with van der Waals surface area (Å²) in [6, 6.07) is 22.8. The van der Waals surface area contributed by atoms with Gasteiger partial charge in [-0.15, -0.1) is 0 Å². The summed E-state index contributed by atoms with van der Waals surface area (Å²) in [5.41, 5.74) is 5.20. The fraction of sp³-hybridized carbons (Fsp3) is 0.355. The Morgan fingerprint density at radius 1 is 0.730 bits per heavy atom. The third-order valence-corrected chi connectivity index (χ3v) is 8.55. The van der Waals surface area contributed by atoms with E-state index in [0.717, 1.165) is 29.1 Å². The van der Waals surface area contributed by atoms with Crippen LogP contribution in [0.5, 0.6) is 0 Å². The van der Waals surface area contributed by atoms with Gasteiger partial charge < -0.3 is 20.7 Å². The maximum atomic E-state index is 12.6. The first-order valence-corrected chi connectivity index (χ1v) is 13.2. The van der Waals surface area contributed by atoms with Crippen LogP contribution in [0.2, 0.25) is 0 Å². The number of benzene rings is 3. The van der Waals surface area contributed by atoms with E-state index in [1.54, 1.807) is 12.1 Å². The van der Waals surface area contributed by atoms with Gasteiger partial charge in [0.25, 0.3) is 0 Å². The van der Waals surface area contributed by atoms with Crippen LogP contribution in [0.3, 0.4) is 0 Å². The Morgan fingerprint density at radius 2 is 1.24 bits per heavy atom. The molecule has 0 atom stereocenters. The fourth-order valence-corrected chi connectivity index (χ4v) is 7.34. The second kappa shape index (κ2) is 9.58. The molecule has 0 heterocycles. The van der Waals surface area contributed by atoms with E-state index in [0.29, 0.717) is 22.4 Å². The lowest BCUT2D eigenvalue weighted by Crippen LogP contribution is -2.48. The minimum absolute atomic E-state index is 0.278. The van der Waals surface area contributed by atoms with Crippen LogP contribution in [-0.2, 0) is 10.2 Å². The second-order valence-corrected chi connectivity index (χ2v) is 11.1. The van der Waals surface area contributed by atoms with Gasteiger partial charge in [0.05, 0.1) is 18.4 Å². The first-order valence-electron chi connectivity index (χ1n) is 13.2. The normalized spacial score (nSPS) is 25.4. The molecule has 2 amide bonds. The lowest BCUT2D eigenvalue weighted by Gasteiger charge is -2.57. The Balaban J connectivity index is 1.06. The topological polar surface area (TPSA) is 79.5 Å². The van der Waals surface area contributed by atoms with E-state index in [2.05, 4.69) is 28.1 Å². The number of hydrogen-bond acceptors (Lipinski definition) is 4. The molecule has 4 bridgehead atoms. The highest BCUT2D eigenvalue weighted by molar-refractivity contribution is 6.00. The highest BCUT2D eigenvalue weighted by Gasteiger charge is 2.51. The molecule has 6 heteroatoms. The number of carbonyl (C=O) groups is 2. The van der Waals surface area contributed by atoms with Crippen LogP contribution in [-0.4, -0.2) is 19.1 Å². The molecule has 6 nitrogen and oxygen atoms in total. The number of nitrogens with one attached hydrogen (secondary N) is 3.